The van der Waals surface area contributed by atoms with E-state index < -0.39 is 0 Å². The monoisotopic (exact) mass is 193 g/mol. The van der Waals surface area contributed by atoms with E-state index in [-0.39, 0.29) is 11.6 Å². The molecule has 0 fully saturated rings. The average Bonchev–Trinajstić information content (AvgIpc) is 2.02. The molecule has 1 aromatic heterocycles. The van der Waals surface area contributed by atoms with Crippen LogP contribution in [0.4, 0.5) is 0 Å². The molecule has 0 N–H and O–H groups in total. The van der Waals surface area contributed by atoms with Gasteiger partial charge in [0.1, 0.15) is 0 Å². The Hall–Kier alpha value is -1.05. The zero-order valence-corrected chi connectivity index (χ0v) is 9.66. The summed E-state index contributed by atoms with van der Waals surface area (Å²) in [5.74, 6) is 0.300. The Balaban J connectivity index is 3.42. The molecular weight excluding hydrogens is 174 g/mol. The molecule has 0 radical (unpaired) electrons. The molecule has 0 saturated carbocycles. The molecular formula is C12H19NO. The van der Waals surface area contributed by atoms with Crippen molar-refractivity contribution in [3.05, 3.63) is 33.7 Å². The third kappa shape index (κ3) is 1.89. The second-order valence-electron chi connectivity index (χ2n) is 4.37. The van der Waals surface area contributed by atoms with Crippen LogP contribution < -0.4 is 5.56 Å². The Morgan fingerprint density at radius 3 is 2.21 bits per heavy atom. The van der Waals surface area contributed by atoms with Gasteiger partial charge in [0.2, 0.25) is 0 Å². The Bertz CT molecular complexity index is 374. The van der Waals surface area contributed by atoms with E-state index in [4.69, 9.17) is 0 Å². The minimum Gasteiger partial charge on any atom is -0.313 e. The highest BCUT2D eigenvalue weighted by Crippen LogP contribution is 2.15. The van der Waals surface area contributed by atoms with Gasteiger partial charge in [0.05, 0.1) is 0 Å². The van der Waals surface area contributed by atoms with Gasteiger partial charge in [-0.1, -0.05) is 13.8 Å². The lowest BCUT2D eigenvalue weighted by molar-refractivity contribution is 0.568. The van der Waals surface area contributed by atoms with E-state index >= 15 is 0 Å². The minimum atomic E-state index is 0.162. The van der Waals surface area contributed by atoms with Crippen molar-refractivity contribution in [2.75, 3.05) is 0 Å². The van der Waals surface area contributed by atoms with Crippen LogP contribution in [-0.2, 0) is 0 Å². The van der Waals surface area contributed by atoms with Gasteiger partial charge in [0, 0.05) is 17.8 Å². The summed E-state index contributed by atoms with van der Waals surface area (Å²) in [6.45, 7) is 10.2. The molecule has 0 aromatic carbocycles. The van der Waals surface area contributed by atoms with Crippen molar-refractivity contribution >= 4 is 0 Å². The molecule has 0 bridgehead atoms. The fourth-order valence-electron chi connectivity index (χ4n) is 1.77. The lowest BCUT2D eigenvalue weighted by Gasteiger charge is -2.15. The smallest absolute Gasteiger partial charge is 0.254 e. The largest absolute Gasteiger partial charge is 0.313 e. The summed E-state index contributed by atoms with van der Waals surface area (Å²) in [5.41, 5.74) is 2.21. The molecule has 14 heavy (non-hydrogen) atoms. The fraction of sp³-hybridized carbons (Fsp3) is 0.583. The maximum atomic E-state index is 12.0. The molecule has 0 amide bonds. The van der Waals surface area contributed by atoms with Gasteiger partial charge < -0.3 is 4.57 Å². The van der Waals surface area contributed by atoms with Crippen LogP contribution in [0.5, 0.6) is 0 Å². The number of aryl methyl sites for hydroxylation is 1. The summed E-state index contributed by atoms with van der Waals surface area (Å²) in [6, 6.07) is 2.26. The normalized spacial score (nSPS) is 11.4. The highest BCUT2D eigenvalue weighted by atomic mass is 16.1. The van der Waals surface area contributed by atoms with Gasteiger partial charge in [-0.3, -0.25) is 4.79 Å². The maximum absolute atomic E-state index is 12.0. The van der Waals surface area contributed by atoms with Gasteiger partial charge in [-0.15, -0.1) is 0 Å². The first-order chi connectivity index (χ1) is 6.45. The summed E-state index contributed by atoms with van der Waals surface area (Å²) in [4.78, 5) is 12.0. The Morgan fingerprint density at radius 1 is 1.21 bits per heavy atom. The molecule has 1 aromatic rings. The van der Waals surface area contributed by atoms with E-state index in [9.17, 15) is 4.79 Å². The lowest BCUT2D eigenvalue weighted by atomic mass is 10.00. The predicted octanol–water partition coefficient (Wildman–Crippen LogP) is 2.86. The number of hydrogen-bond acceptors (Lipinski definition) is 1. The van der Waals surface area contributed by atoms with Gasteiger partial charge in [0.25, 0.3) is 5.56 Å². The molecule has 2 nitrogen and oxygen atoms in total. The van der Waals surface area contributed by atoms with Crippen molar-refractivity contribution < 1.29 is 0 Å². The molecule has 0 aliphatic carbocycles. The van der Waals surface area contributed by atoms with Crippen LogP contribution in [0.15, 0.2) is 17.1 Å². The van der Waals surface area contributed by atoms with Gasteiger partial charge >= 0.3 is 0 Å². The third-order valence-corrected chi connectivity index (χ3v) is 2.51. The van der Waals surface area contributed by atoms with Crippen LogP contribution in [0.25, 0.3) is 0 Å². The summed E-state index contributed by atoms with van der Waals surface area (Å²) in [5, 5.41) is 0. The van der Waals surface area contributed by atoms with Crippen molar-refractivity contribution in [1.29, 1.82) is 0 Å². The second-order valence-corrected chi connectivity index (χ2v) is 4.37. The first kappa shape index (κ1) is 11.0. The average molecular weight is 193 g/mol. The number of pyridine rings is 1. The van der Waals surface area contributed by atoms with Crippen LogP contribution in [0, 0.1) is 6.92 Å². The molecule has 1 heterocycles. The summed E-state index contributed by atoms with van der Waals surface area (Å²) >= 11 is 0. The van der Waals surface area contributed by atoms with Gasteiger partial charge in [-0.2, -0.15) is 0 Å². The molecule has 2 heteroatoms. The molecule has 0 saturated heterocycles. The summed E-state index contributed by atoms with van der Waals surface area (Å²) in [7, 11) is 0. The van der Waals surface area contributed by atoms with E-state index in [0.717, 1.165) is 11.1 Å². The van der Waals surface area contributed by atoms with Crippen LogP contribution in [0.3, 0.4) is 0 Å². The SMILES string of the molecule is Cc1ccn(C(C)C)c(=O)c1C(C)C. The van der Waals surface area contributed by atoms with Crippen molar-refractivity contribution in [2.24, 2.45) is 0 Å². The third-order valence-electron chi connectivity index (χ3n) is 2.51. The molecule has 0 atom stereocenters. The zero-order valence-electron chi connectivity index (χ0n) is 9.66. The minimum absolute atomic E-state index is 0.162. The molecule has 0 aliphatic heterocycles. The van der Waals surface area contributed by atoms with E-state index in [2.05, 4.69) is 13.8 Å². The summed E-state index contributed by atoms with van der Waals surface area (Å²) < 4.78 is 1.79. The molecule has 0 aliphatic rings. The topological polar surface area (TPSA) is 22.0 Å². The van der Waals surface area contributed by atoms with Crippen molar-refractivity contribution in [3.63, 3.8) is 0 Å². The molecule has 1 rings (SSSR count). The van der Waals surface area contributed by atoms with E-state index in [1.54, 1.807) is 4.57 Å². The number of nitrogens with zero attached hydrogens (tertiary/aromatic N) is 1. The molecule has 78 valence electrons. The fourth-order valence-corrected chi connectivity index (χ4v) is 1.77. The number of hydrogen-bond donors (Lipinski definition) is 0. The van der Waals surface area contributed by atoms with Crippen LogP contribution in [-0.4, -0.2) is 4.57 Å². The Morgan fingerprint density at radius 2 is 1.79 bits per heavy atom. The predicted molar refractivity (Wildman–Crippen MR) is 59.9 cm³/mol. The van der Waals surface area contributed by atoms with Crippen LogP contribution in [0.2, 0.25) is 0 Å². The van der Waals surface area contributed by atoms with E-state index in [1.165, 1.54) is 0 Å². The van der Waals surface area contributed by atoms with Gasteiger partial charge in [-0.05, 0) is 38.3 Å². The van der Waals surface area contributed by atoms with Gasteiger partial charge in [0.15, 0.2) is 0 Å². The second kappa shape index (κ2) is 3.99. The molecule has 0 unspecified atom stereocenters. The van der Waals surface area contributed by atoms with E-state index in [0.29, 0.717) is 5.92 Å². The standard InChI is InChI=1S/C12H19NO/c1-8(2)11-10(5)6-7-13(9(3)4)12(11)14/h6-9H,1-5H3. The Kier molecular flexibility index (Phi) is 3.14. The van der Waals surface area contributed by atoms with Gasteiger partial charge in [-0.25, -0.2) is 0 Å². The van der Waals surface area contributed by atoms with Crippen molar-refractivity contribution in [2.45, 2.75) is 46.6 Å². The lowest BCUT2D eigenvalue weighted by Crippen LogP contribution is -2.26. The van der Waals surface area contributed by atoms with Crippen LogP contribution in [0.1, 0.15) is 50.8 Å². The molecule has 0 spiro atoms. The first-order valence-corrected chi connectivity index (χ1v) is 5.16. The number of aromatic nitrogens is 1. The first-order valence-electron chi connectivity index (χ1n) is 5.16. The highest BCUT2D eigenvalue weighted by molar-refractivity contribution is 5.25. The van der Waals surface area contributed by atoms with Crippen molar-refractivity contribution in [3.8, 4) is 0 Å². The number of rotatable bonds is 2. The van der Waals surface area contributed by atoms with Crippen LogP contribution >= 0.6 is 0 Å². The van der Waals surface area contributed by atoms with Crippen molar-refractivity contribution in [1.82, 2.24) is 4.57 Å². The van der Waals surface area contributed by atoms with E-state index in [1.807, 2.05) is 33.0 Å². The zero-order chi connectivity index (χ0) is 10.9. The Labute approximate surface area is 85.6 Å². The quantitative estimate of drug-likeness (QED) is 0.708. The maximum Gasteiger partial charge on any atom is 0.254 e. The summed E-state index contributed by atoms with van der Waals surface area (Å²) in [6.07, 6.45) is 1.88. The highest BCUT2D eigenvalue weighted by Gasteiger charge is 2.11.